The molecule has 0 fully saturated rings. The average molecular weight is 1320 g/mol. The molecule has 0 atom stereocenters. The zero-order chi connectivity index (χ0) is 63.4. The summed E-state index contributed by atoms with van der Waals surface area (Å²) in [6, 6.07) is 95.7. The molecule has 0 aliphatic heterocycles. The summed E-state index contributed by atoms with van der Waals surface area (Å²) < 4.78 is 43.4. The van der Waals surface area contributed by atoms with Crippen LogP contribution in [0.1, 0.15) is 8.85 Å². The molecule has 0 spiro atoms. The van der Waals surface area contributed by atoms with Gasteiger partial charge < -0.3 is 45.7 Å². The highest BCUT2D eigenvalue weighted by Crippen LogP contribution is 2.45. The molecule has 0 bridgehead atoms. The first-order valence-corrected chi connectivity index (χ1v) is 32.6. The second kappa shape index (κ2) is 21.8. The predicted molar refractivity (Wildman–Crippen MR) is 403 cm³/mol. The molecule has 0 saturated carbocycles. The summed E-state index contributed by atoms with van der Waals surface area (Å²) in [4.78, 5) is 0. The Hall–Kier alpha value is -12.1. The van der Waals surface area contributed by atoms with Gasteiger partial charge in [0.15, 0.2) is 0 Å². The minimum absolute atomic E-state index is 0. The van der Waals surface area contributed by atoms with E-state index in [1.54, 1.807) is 12.1 Å². The quantitative estimate of drug-likeness (QED) is 0.167. The molecule has 22 aromatic rings. The van der Waals surface area contributed by atoms with E-state index in [0.717, 1.165) is 153 Å². The van der Waals surface area contributed by atoms with Gasteiger partial charge >= 0.3 is 7.12 Å². The molecule has 0 saturated heterocycles. The number of hydrogen-bond acceptors (Lipinski definition) is 8. The zero-order valence-electron chi connectivity index (χ0n) is 50.8. The summed E-state index contributed by atoms with van der Waals surface area (Å²) in [5.74, 6) is 0. The predicted octanol–water partition coefficient (Wildman–Crippen LogP) is 23.6. The molecule has 22 rings (SSSR count). The Morgan fingerprint density at radius 3 is 1.03 bits per heavy atom. The minimum atomic E-state index is -1.51. The molecule has 10 nitrogen and oxygen atoms in total. The number of aromatic nitrogens is 2. The van der Waals surface area contributed by atoms with Crippen LogP contribution in [0.3, 0.4) is 0 Å². The van der Waals surface area contributed by atoms with E-state index >= 15 is 0 Å². The first kappa shape index (κ1) is 56.5. The van der Waals surface area contributed by atoms with Gasteiger partial charge in [0.25, 0.3) is 0 Å². The molecule has 2 N–H and O–H groups in total. The fourth-order valence-corrected chi connectivity index (χ4v) is 15.3. The molecule has 97 heavy (non-hydrogen) atoms. The van der Waals surface area contributed by atoms with E-state index in [9.17, 15) is 10.0 Å². The molecule has 12 heteroatoms. The number of para-hydroxylation sites is 10. The highest BCUT2D eigenvalue weighted by atomic mass is 79.9. The normalized spacial score (nSPS) is 12.0. The minimum Gasteiger partial charge on any atom is -0.456 e. The number of nitrogens with zero attached hydrogens (tertiary/aromatic N) is 2. The molecule has 0 aliphatic carbocycles. The van der Waals surface area contributed by atoms with Crippen molar-refractivity contribution in [1.82, 2.24) is 9.13 Å². The molecule has 0 amide bonds. The third-order valence-corrected chi connectivity index (χ3v) is 19.8. The van der Waals surface area contributed by atoms with Gasteiger partial charge in [-0.1, -0.05) is 183 Å². The lowest BCUT2D eigenvalue weighted by molar-refractivity contribution is 0.425. The third kappa shape index (κ3) is 8.60. The Morgan fingerprint density at radius 1 is 0.258 bits per heavy atom. The Balaban J connectivity index is 0.000000117. The molecular formula is C85H54BBrN2O8. The molecule has 8 aromatic heterocycles. The number of furan rings is 6. The first-order chi connectivity index (χ1) is 47.3. The molecule has 8 heterocycles. The van der Waals surface area contributed by atoms with Crippen molar-refractivity contribution in [2.75, 3.05) is 0 Å². The Kier molecular flexibility index (Phi) is 12.7. The second-order valence-electron chi connectivity index (χ2n) is 24.5. The first-order valence-electron chi connectivity index (χ1n) is 31.8. The third-order valence-electron chi connectivity index (χ3n) is 19.2. The van der Waals surface area contributed by atoms with Gasteiger partial charge in [-0.05, 0) is 119 Å². The number of fused-ring (bicyclic) bond motifs is 24. The standard InChI is InChI=1S/C42H23NO3.C30H16BrNO2.C12H9BO3.CH4.H2/c1-4-16-35-25(9-1)26-10-2-5-17-36(26)43(35)24-19-20-38-32(21-24)34-23-40-33(22-39(34)44-38)31-15-8-14-30(42(31)46-40)29-13-7-12-28-27-11-3-6-18-37(27)45-41(28)29;31-24-9-5-8-20-22-15-28-23(16-29(22)34-30(20)24)21-14-17(12-13-27(21)33-28)32-25-10-3-1-6-18(25)19-7-2-4-11-26(19)32;14-13(15)10-6-3-5-9-8-4-1-2-7-11(8)16-12(9)10;;/h1-23H;1-16H;1-7,14-15H;1H4;1H. The largest absolute Gasteiger partial charge is 0.492 e. The Labute approximate surface area is 560 Å². The van der Waals surface area contributed by atoms with Crippen molar-refractivity contribution in [2.45, 2.75) is 7.43 Å². The Bertz CT molecular complexity index is 6890. The van der Waals surface area contributed by atoms with Crippen LogP contribution in [0, 0.1) is 0 Å². The molecule has 0 radical (unpaired) electrons. The van der Waals surface area contributed by atoms with E-state index in [0.29, 0.717) is 11.0 Å². The highest BCUT2D eigenvalue weighted by Gasteiger charge is 2.23. The Morgan fingerprint density at radius 2 is 0.567 bits per heavy atom. The number of halogens is 1. The number of hydrogen-bond donors (Lipinski definition) is 2. The van der Waals surface area contributed by atoms with Gasteiger partial charge in [0.2, 0.25) is 0 Å². The van der Waals surface area contributed by atoms with Gasteiger partial charge in [0.05, 0.1) is 26.5 Å². The van der Waals surface area contributed by atoms with E-state index in [4.69, 9.17) is 26.5 Å². The van der Waals surface area contributed by atoms with Gasteiger partial charge in [-0.15, -0.1) is 0 Å². The van der Waals surface area contributed by atoms with Crippen molar-refractivity contribution < 1.29 is 38.0 Å². The van der Waals surface area contributed by atoms with Crippen LogP contribution in [0.2, 0.25) is 0 Å². The summed E-state index contributed by atoms with van der Waals surface area (Å²) in [6.07, 6.45) is 0. The van der Waals surface area contributed by atoms with Crippen LogP contribution < -0.4 is 5.46 Å². The van der Waals surface area contributed by atoms with Crippen LogP contribution in [0.4, 0.5) is 0 Å². The van der Waals surface area contributed by atoms with Crippen LogP contribution in [0.15, 0.2) is 310 Å². The van der Waals surface area contributed by atoms with Crippen LogP contribution >= 0.6 is 15.9 Å². The maximum atomic E-state index is 9.24. The second-order valence-corrected chi connectivity index (χ2v) is 25.3. The van der Waals surface area contributed by atoms with Gasteiger partial charge in [0, 0.05) is 116 Å². The topological polar surface area (TPSA) is 129 Å². The summed E-state index contributed by atoms with van der Waals surface area (Å²) >= 11 is 3.61. The highest BCUT2D eigenvalue weighted by molar-refractivity contribution is 9.10. The van der Waals surface area contributed by atoms with E-state index in [2.05, 4.69) is 237 Å². The lowest BCUT2D eigenvalue weighted by Gasteiger charge is -2.07. The lowest BCUT2D eigenvalue weighted by Crippen LogP contribution is -2.29. The molecular weight excluding hydrogens is 1270 g/mol. The monoisotopic (exact) mass is 1320 g/mol. The van der Waals surface area contributed by atoms with Crippen LogP contribution in [0.25, 0.3) is 198 Å². The zero-order valence-corrected chi connectivity index (χ0v) is 52.3. The van der Waals surface area contributed by atoms with Crippen molar-refractivity contribution in [1.29, 1.82) is 0 Å². The maximum absolute atomic E-state index is 9.24. The van der Waals surface area contributed by atoms with Gasteiger partial charge in [-0.25, -0.2) is 0 Å². The van der Waals surface area contributed by atoms with Gasteiger partial charge in [-0.3, -0.25) is 0 Å². The molecule has 0 aliphatic rings. The summed E-state index contributed by atoms with van der Waals surface area (Å²) in [5, 5.41) is 36.0. The summed E-state index contributed by atoms with van der Waals surface area (Å²) in [7, 11) is -1.51. The van der Waals surface area contributed by atoms with E-state index in [1.807, 2.05) is 54.6 Å². The lowest BCUT2D eigenvalue weighted by atomic mass is 9.79. The van der Waals surface area contributed by atoms with E-state index < -0.39 is 7.12 Å². The van der Waals surface area contributed by atoms with Crippen molar-refractivity contribution in [3.05, 3.63) is 284 Å². The van der Waals surface area contributed by atoms with Crippen LogP contribution in [0.5, 0.6) is 0 Å². The van der Waals surface area contributed by atoms with E-state index in [1.165, 1.54) is 43.6 Å². The van der Waals surface area contributed by atoms with Gasteiger partial charge in [0.1, 0.15) is 67.0 Å². The number of rotatable bonds is 4. The van der Waals surface area contributed by atoms with Crippen LogP contribution in [-0.2, 0) is 0 Å². The van der Waals surface area contributed by atoms with E-state index in [-0.39, 0.29) is 8.85 Å². The van der Waals surface area contributed by atoms with Crippen LogP contribution in [-0.4, -0.2) is 26.3 Å². The van der Waals surface area contributed by atoms with Gasteiger partial charge in [-0.2, -0.15) is 0 Å². The molecule has 462 valence electrons. The summed E-state index contributed by atoms with van der Waals surface area (Å²) in [5.41, 5.74) is 19.3. The number of benzene rings is 14. The maximum Gasteiger partial charge on any atom is 0.492 e. The molecule has 0 unspecified atom stereocenters. The molecule has 14 aromatic carbocycles. The SMILES string of the molecule is Brc1cccc2c1oc1cc3c(cc12)oc1ccc(-n2c4ccccc4c4ccccc42)cc13.C.OB(O)c1cccc2c1oc1ccccc12.[HH].c1ccc2c(c1)oc1c(-c3cccc4c3oc3cc5c(cc34)oc3ccc(-n4c6ccccc6c6ccccc64)cc35)cccc12. The fraction of sp³-hybridized carbons (Fsp3) is 0.0118. The van der Waals surface area contributed by atoms with Crippen molar-refractivity contribution in [2.24, 2.45) is 0 Å². The van der Waals surface area contributed by atoms with Crippen molar-refractivity contribution >= 4 is 204 Å². The van der Waals surface area contributed by atoms with Crippen molar-refractivity contribution in [3.63, 3.8) is 0 Å². The fourth-order valence-electron chi connectivity index (χ4n) is 14.9. The smallest absolute Gasteiger partial charge is 0.456 e. The van der Waals surface area contributed by atoms with Crippen molar-refractivity contribution in [3.8, 4) is 22.5 Å². The average Bonchev–Trinajstić information content (AvgIpc) is 1.59. The summed E-state index contributed by atoms with van der Waals surface area (Å²) in [6.45, 7) is 0.